The summed E-state index contributed by atoms with van der Waals surface area (Å²) >= 11 is 1.66. The molecule has 22 heavy (non-hydrogen) atoms. The highest BCUT2D eigenvalue weighted by Gasteiger charge is 2.05. The average Bonchev–Trinajstić information content (AvgIpc) is 3.19. The number of carbonyl (C=O) groups is 1. The van der Waals surface area contributed by atoms with Crippen molar-refractivity contribution >= 4 is 17.2 Å². The Hall–Kier alpha value is -2.40. The number of nitrogens with zero attached hydrogens (tertiary/aromatic N) is 2. The van der Waals surface area contributed by atoms with Gasteiger partial charge in [0.05, 0.1) is 12.2 Å². The molecule has 0 radical (unpaired) electrons. The molecule has 4 nitrogen and oxygen atoms in total. The highest BCUT2D eigenvalue weighted by molar-refractivity contribution is 7.08. The van der Waals surface area contributed by atoms with Crippen LogP contribution in [0, 0.1) is 6.92 Å². The Morgan fingerprint density at radius 3 is 2.77 bits per heavy atom. The summed E-state index contributed by atoms with van der Waals surface area (Å²) in [5.74, 6) is -0.0507. The highest BCUT2D eigenvalue weighted by Crippen LogP contribution is 2.19. The van der Waals surface area contributed by atoms with Crippen LogP contribution in [0.5, 0.6) is 0 Å². The molecular formula is C17H17N3OS. The standard InChI is InChI=1S/C17H17N3OS/c1-13-2-4-14(5-3-13)17(21)18-8-10-20-9-6-16(19-20)15-7-11-22-12-15/h2-7,9,11-12H,8,10H2,1H3,(H,18,21). The van der Waals surface area contributed by atoms with E-state index in [2.05, 4.69) is 21.9 Å². The van der Waals surface area contributed by atoms with E-state index in [0.29, 0.717) is 18.7 Å². The molecule has 2 aromatic heterocycles. The zero-order valence-corrected chi connectivity index (χ0v) is 13.1. The van der Waals surface area contributed by atoms with Crippen LogP contribution in [-0.2, 0) is 6.54 Å². The Morgan fingerprint density at radius 2 is 2.05 bits per heavy atom. The van der Waals surface area contributed by atoms with Gasteiger partial charge in [0.25, 0.3) is 5.91 Å². The fraction of sp³-hybridized carbons (Fsp3) is 0.176. The lowest BCUT2D eigenvalue weighted by atomic mass is 10.1. The third-order valence-electron chi connectivity index (χ3n) is 3.40. The van der Waals surface area contributed by atoms with Crippen molar-refractivity contribution in [1.82, 2.24) is 15.1 Å². The Balaban J connectivity index is 1.53. The van der Waals surface area contributed by atoms with E-state index < -0.39 is 0 Å². The second kappa shape index (κ2) is 6.58. The Labute approximate surface area is 133 Å². The van der Waals surface area contributed by atoms with Crippen LogP contribution in [0.2, 0.25) is 0 Å². The summed E-state index contributed by atoms with van der Waals surface area (Å²) in [7, 11) is 0. The van der Waals surface area contributed by atoms with Crippen molar-refractivity contribution in [3.05, 3.63) is 64.5 Å². The third-order valence-corrected chi connectivity index (χ3v) is 4.08. The van der Waals surface area contributed by atoms with E-state index in [4.69, 9.17) is 0 Å². The van der Waals surface area contributed by atoms with E-state index in [1.54, 1.807) is 11.3 Å². The first-order valence-electron chi connectivity index (χ1n) is 7.13. The van der Waals surface area contributed by atoms with Crippen LogP contribution in [0.3, 0.4) is 0 Å². The van der Waals surface area contributed by atoms with Gasteiger partial charge in [0.1, 0.15) is 0 Å². The summed E-state index contributed by atoms with van der Waals surface area (Å²) in [5.41, 5.74) is 3.93. The van der Waals surface area contributed by atoms with Gasteiger partial charge in [-0.3, -0.25) is 9.48 Å². The Morgan fingerprint density at radius 1 is 1.23 bits per heavy atom. The molecule has 0 unspecified atom stereocenters. The lowest BCUT2D eigenvalue weighted by molar-refractivity contribution is 0.0952. The first kappa shape index (κ1) is 14.5. The molecular weight excluding hydrogens is 294 g/mol. The summed E-state index contributed by atoms with van der Waals surface area (Å²) in [6.45, 7) is 3.21. The van der Waals surface area contributed by atoms with Crippen molar-refractivity contribution in [3.63, 3.8) is 0 Å². The third kappa shape index (κ3) is 3.43. The Kier molecular flexibility index (Phi) is 4.34. The first-order valence-corrected chi connectivity index (χ1v) is 8.07. The zero-order chi connectivity index (χ0) is 15.4. The molecule has 3 aromatic rings. The maximum absolute atomic E-state index is 12.0. The lowest BCUT2D eigenvalue weighted by Crippen LogP contribution is -2.27. The second-order valence-corrected chi connectivity index (χ2v) is 5.88. The van der Waals surface area contributed by atoms with Gasteiger partial charge in [-0.2, -0.15) is 16.4 Å². The molecule has 5 heteroatoms. The van der Waals surface area contributed by atoms with E-state index in [-0.39, 0.29) is 5.91 Å². The van der Waals surface area contributed by atoms with Crippen LogP contribution in [0.15, 0.2) is 53.4 Å². The SMILES string of the molecule is Cc1ccc(C(=O)NCCn2ccc(-c3ccsc3)n2)cc1. The largest absolute Gasteiger partial charge is 0.350 e. The van der Waals surface area contributed by atoms with E-state index in [1.807, 2.05) is 53.5 Å². The quantitative estimate of drug-likeness (QED) is 0.785. The minimum absolute atomic E-state index is 0.0507. The summed E-state index contributed by atoms with van der Waals surface area (Å²) in [5, 5.41) is 11.5. The number of benzene rings is 1. The Bertz CT molecular complexity index is 745. The van der Waals surface area contributed by atoms with E-state index >= 15 is 0 Å². The molecule has 1 N–H and O–H groups in total. The molecule has 0 spiro atoms. The predicted octanol–water partition coefficient (Wildman–Crippen LogP) is 3.35. The number of hydrogen-bond acceptors (Lipinski definition) is 3. The molecule has 0 saturated carbocycles. The summed E-state index contributed by atoms with van der Waals surface area (Å²) in [6, 6.07) is 11.6. The first-order chi connectivity index (χ1) is 10.7. The van der Waals surface area contributed by atoms with Crippen molar-refractivity contribution in [2.75, 3.05) is 6.54 Å². The van der Waals surface area contributed by atoms with Crippen LogP contribution in [0.1, 0.15) is 15.9 Å². The second-order valence-electron chi connectivity index (χ2n) is 5.10. The molecule has 112 valence electrons. The monoisotopic (exact) mass is 311 g/mol. The summed E-state index contributed by atoms with van der Waals surface area (Å²) in [4.78, 5) is 12.0. The van der Waals surface area contributed by atoms with Gasteiger partial charge in [0.15, 0.2) is 0 Å². The van der Waals surface area contributed by atoms with Gasteiger partial charge in [0.2, 0.25) is 0 Å². The fourth-order valence-electron chi connectivity index (χ4n) is 2.14. The van der Waals surface area contributed by atoms with Gasteiger partial charge in [-0.05, 0) is 36.6 Å². The van der Waals surface area contributed by atoms with Crippen molar-refractivity contribution in [2.24, 2.45) is 0 Å². The molecule has 0 fully saturated rings. The van der Waals surface area contributed by atoms with E-state index in [1.165, 1.54) is 0 Å². The average molecular weight is 311 g/mol. The smallest absolute Gasteiger partial charge is 0.251 e. The van der Waals surface area contributed by atoms with Crippen LogP contribution >= 0.6 is 11.3 Å². The molecule has 0 aliphatic carbocycles. The van der Waals surface area contributed by atoms with Crippen LogP contribution in [-0.4, -0.2) is 22.2 Å². The van der Waals surface area contributed by atoms with Crippen LogP contribution in [0.4, 0.5) is 0 Å². The zero-order valence-electron chi connectivity index (χ0n) is 12.3. The van der Waals surface area contributed by atoms with Crippen molar-refractivity contribution in [2.45, 2.75) is 13.5 Å². The highest BCUT2D eigenvalue weighted by atomic mass is 32.1. The molecule has 2 heterocycles. The molecule has 0 aliphatic rings. The number of thiophene rings is 1. The minimum Gasteiger partial charge on any atom is -0.350 e. The van der Waals surface area contributed by atoms with Gasteiger partial charge in [-0.15, -0.1) is 0 Å². The fourth-order valence-corrected chi connectivity index (χ4v) is 2.79. The molecule has 0 bridgehead atoms. The molecule has 3 rings (SSSR count). The number of aryl methyl sites for hydroxylation is 1. The van der Waals surface area contributed by atoms with Crippen LogP contribution in [0.25, 0.3) is 11.3 Å². The minimum atomic E-state index is -0.0507. The van der Waals surface area contributed by atoms with Crippen LogP contribution < -0.4 is 5.32 Å². The topological polar surface area (TPSA) is 46.9 Å². The van der Waals surface area contributed by atoms with Crippen molar-refractivity contribution in [1.29, 1.82) is 0 Å². The van der Waals surface area contributed by atoms with Gasteiger partial charge in [-0.1, -0.05) is 17.7 Å². The number of carbonyl (C=O) groups excluding carboxylic acids is 1. The van der Waals surface area contributed by atoms with Gasteiger partial charge >= 0.3 is 0 Å². The van der Waals surface area contributed by atoms with E-state index in [0.717, 1.165) is 16.8 Å². The normalized spacial score (nSPS) is 10.6. The number of nitrogens with one attached hydrogen (secondary N) is 1. The number of amides is 1. The molecule has 1 amide bonds. The summed E-state index contributed by atoms with van der Waals surface area (Å²) in [6.07, 6.45) is 1.94. The van der Waals surface area contributed by atoms with Crippen molar-refractivity contribution < 1.29 is 4.79 Å². The van der Waals surface area contributed by atoms with E-state index in [9.17, 15) is 4.79 Å². The molecule has 1 aromatic carbocycles. The lowest BCUT2D eigenvalue weighted by Gasteiger charge is -2.06. The maximum atomic E-state index is 12.0. The summed E-state index contributed by atoms with van der Waals surface area (Å²) < 4.78 is 1.85. The van der Waals surface area contributed by atoms with Gasteiger partial charge in [-0.25, -0.2) is 0 Å². The number of hydrogen-bond donors (Lipinski definition) is 1. The van der Waals surface area contributed by atoms with Gasteiger partial charge < -0.3 is 5.32 Å². The van der Waals surface area contributed by atoms with Crippen molar-refractivity contribution in [3.8, 4) is 11.3 Å². The predicted molar refractivity (Wildman–Crippen MR) is 89.1 cm³/mol. The van der Waals surface area contributed by atoms with Gasteiger partial charge in [0, 0.05) is 29.2 Å². The molecule has 0 saturated heterocycles. The molecule has 0 atom stereocenters. The number of rotatable bonds is 5. The maximum Gasteiger partial charge on any atom is 0.251 e. The molecule has 0 aliphatic heterocycles. The number of aromatic nitrogens is 2.